The predicted octanol–water partition coefficient (Wildman–Crippen LogP) is 2.67. The molecule has 3 rings (SSSR count). The molecule has 5 nitrogen and oxygen atoms in total. The van der Waals surface area contributed by atoms with Crippen LogP contribution in [0.15, 0.2) is 12.1 Å². The van der Waals surface area contributed by atoms with Crippen molar-refractivity contribution in [3.63, 3.8) is 0 Å². The molecule has 0 radical (unpaired) electrons. The second-order valence-corrected chi connectivity index (χ2v) is 6.84. The molecule has 0 spiro atoms. The maximum absolute atomic E-state index is 12.5. The van der Waals surface area contributed by atoms with Gasteiger partial charge in [0.05, 0.1) is 11.6 Å². The number of aromatic hydroxyl groups is 1. The van der Waals surface area contributed by atoms with Gasteiger partial charge in [0.2, 0.25) is 0 Å². The fraction of sp³-hybridized carbons (Fsp3) is 0.529. The molecule has 1 amide bonds. The van der Waals surface area contributed by atoms with Crippen molar-refractivity contribution in [1.82, 2.24) is 5.32 Å². The van der Waals surface area contributed by atoms with Crippen molar-refractivity contribution in [3.05, 3.63) is 23.3 Å². The van der Waals surface area contributed by atoms with Gasteiger partial charge in [-0.25, -0.2) is 0 Å². The molecular weight excluding hydrogens is 280 g/mol. The molecule has 5 heteroatoms. The second-order valence-electron chi connectivity index (χ2n) is 6.84. The molecule has 1 aliphatic heterocycles. The van der Waals surface area contributed by atoms with Crippen LogP contribution in [0.4, 0.5) is 0 Å². The van der Waals surface area contributed by atoms with Crippen molar-refractivity contribution < 1.29 is 14.6 Å². The number of carbonyl (C=O) groups is 1. The maximum Gasteiger partial charge on any atom is 0.256 e. The maximum atomic E-state index is 12.5. The SMILES string of the molecule is CC1(C)Cc2ccc(C(=O)NC3(C#N)CCCC3)c(O)c2O1. The summed E-state index contributed by atoms with van der Waals surface area (Å²) >= 11 is 0. The molecule has 1 aliphatic carbocycles. The molecule has 1 fully saturated rings. The van der Waals surface area contributed by atoms with Gasteiger partial charge in [-0.2, -0.15) is 5.26 Å². The van der Waals surface area contributed by atoms with Gasteiger partial charge in [-0.3, -0.25) is 4.79 Å². The van der Waals surface area contributed by atoms with E-state index in [1.807, 2.05) is 19.9 Å². The Morgan fingerprint density at radius 1 is 1.36 bits per heavy atom. The first-order valence-corrected chi connectivity index (χ1v) is 7.63. The molecule has 0 unspecified atom stereocenters. The van der Waals surface area contributed by atoms with Gasteiger partial charge in [0.1, 0.15) is 11.1 Å². The second kappa shape index (κ2) is 4.91. The first-order chi connectivity index (χ1) is 10.4. The average Bonchev–Trinajstić information content (AvgIpc) is 3.03. The molecule has 1 aromatic carbocycles. The van der Waals surface area contributed by atoms with E-state index in [9.17, 15) is 15.2 Å². The van der Waals surface area contributed by atoms with Crippen molar-refractivity contribution in [2.24, 2.45) is 0 Å². The van der Waals surface area contributed by atoms with Crippen LogP contribution in [0.5, 0.6) is 11.5 Å². The lowest BCUT2D eigenvalue weighted by Crippen LogP contribution is -2.45. The van der Waals surface area contributed by atoms with Crippen molar-refractivity contribution in [2.75, 3.05) is 0 Å². The zero-order valence-corrected chi connectivity index (χ0v) is 12.9. The van der Waals surface area contributed by atoms with Gasteiger partial charge in [-0.1, -0.05) is 6.07 Å². The summed E-state index contributed by atoms with van der Waals surface area (Å²) in [6, 6.07) is 5.64. The predicted molar refractivity (Wildman–Crippen MR) is 80.8 cm³/mol. The van der Waals surface area contributed by atoms with Gasteiger partial charge >= 0.3 is 0 Å². The number of phenols is 1. The summed E-state index contributed by atoms with van der Waals surface area (Å²) in [6.07, 6.45) is 3.87. The van der Waals surface area contributed by atoms with Crippen LogP contribution in [0.25, 0.3) is 0 Å². The van der Waals surface area contributed by atoms with Gasteiger partial charge in [0.15, 0.2) is 11.5 Å². The lowest BCUT2D eigenvalue weighted by Gasteiger charge is -2.22. The highest BCUT2D eigenvalue weighted by Crippen LogP contribution is 2.43. The highest BCUT2D eigenvalue weighted by atomic mass is 16.5. The molecule has 1 saturated carbocycles. The molecule has 0 bridgehead atoms. The molecule has 1 heterocycles. The number of ether oxygens (including phenoxy) is 1. The summed E-state index contributed by atoms with van der Waals surface area (Å²) in [5.74, 6) is -0.168. The van der Waals surface area contributed by atoms with Crippen LogP contribution in [0, 0.1) is 11.3 Å². The summed E-state index contributed by atoms with van der Waals surface area (Å²) in [5, 5.41) is 22.5. The number of amides is 1. The van der Waals surface area contributed by atoms with Crippen molar-refractivity contribution in [2.45, 2.75) is 57.1 Å². The fourth-order valence-corrected chi connectivity index (χ4v) is 3.35. The van der Waals surface area contributed by atoms with Crippen molar-refractivity contribution >= 4 is 5.91 Å². The number of carbonyl (C=O) groups excluding carboxylic acids is 1. The van der Waals surface area contributed by atoms with E-state index in [0.29, 0.717) is 25.0 Å². The number of fused-ring (bicyclic) bond motifs is 1. The van der Waals surface area contributed by atoms with Crippen LogP contribution in [0.2, 0.25) is 0 Å². The zero-order chi connectivity index (χ0) is 16.0. The highest BCUT2D eigenvalue weighted by molar-refractivity contribution is 5.98. The summed E-state index contributed by atoms with van der Waals surface area (Å²) in [7, 11) is 0. The van der Waals surface area contributed by atoms with E-state index < -0.39 is 11.4 Å². The first-order valence-electron chi connectivity index (χ1n) is 7.63. The quantitative estimate of drug-likeness (QED) is 0.879. The van der Waals surface area contributed by atoms with E-state index in [4.69, 9.17) is 4.74 Å². The Balaban J connectivity index is 1.88. The number of hydrogen-bond donors (Lipinski definition) is 2. The van der Waals surface area contributed by atoms with E-state index >= 15 is 0 Å². The lowest BCUT2D eigenvalue weighted by molar-refractivity contribution is 0.0914. The molecular formula is C17H20N2O3. The monoisotopic (exact) mass is 300 g/mol. The Kier molecular flexibility index (Phi) is 3.28. The van der Waals surface area contributed by atoms with Crippen LogP contribution in [-0.4, -0.2) is 22.2 Å². The highest BCUT2D eigenvalue weighted by Gasteiger charge is 2.38. The largest absolute Gasteiger partial charge is 0.504 e. The van der Waals surface area contributed by atoms with E-state index in [1.54, 1.807) is 6.07 Å². The summed E-state index contributed by atoms with van der Waals surface area (Å²) in [6.45, 7) is 3.88. The Morgan fingerprint density at radius 3 is 2.68 bits per heavy atom. The molecule has 2 aliphatic rings. The Bertz CT molecular complexity index is 667. The van der Waals surface area contributed by atoms with Crippen LogP contribution in [-0.2, 0) is 6.42 Å². The standard InChI is InChI=1S/C17H20N2O3/c1-16(2)9-11-5-6-12(13(20)14(11)22-16)15(21)19-17(10-18)7-3-4-8-17/h5-6,20H,3-4,7-9H2,1-2H3,(H,19,21). The normalized spacial score (nSPS) is 20.8. The number of nitrogens with zero attached hydrogens (tertiary/aromatic N) is 1. The minimum Gasteiger partial charge on any atom is -0.504 e. The van der Waals surface area contributed by atoms with Crippen LogP contribution in [0.1, 0.15) is 55.5 Å². The minimum atomic E-state index is -0.803. The lowest BCUT2D eigenvalue weighted by atomic mass is 9.97. The molecule has 1 aromatic rings. The third kappa shape index (κ3) is 2.39. The topological polar surface area (TPSA) is 82.4 Å². The van der Waals surface area contributed by atoms with E-state index in [1.165, 1.54) is 0 Å². The number of phenolic OH excluding ortho intramolecular Hbond substituents is 1. The summed E-state index contributed by atoms with van der Waals surface area (Å²) in [4.78, 5) is 12.5. The number of nitriles is 1. The third-order valence-electron chi connectivity index (χ3n) is 4.48. The molecule has 116 valence electrons. The van der Waals surface area contributed by atoms with Gasteiger partial charge in [-0.05, 0) is 45.6 Å². The first kappa shape index (κ1) is 14.7. The number of rotatable bonds is 2. The molecule has 0 saturated heterocycles. The molecule has 2 N–H and O–H groups in total. The minimum absolute atomic E-state index is 0.133. The van der Waals surface area contributed by atoms with Gasteiger partial charge in [-0.15, -0.1) is 0 Å². The van der Waals surface area contributed by atoms with E-state index in [-0.39, 0.29) is 16.9 Å². The summed E-state index contributed by atoms with van der Waals surface area (Å²) in [5.41, 5.74) is -0.121. The Hall–Kier alpha value is -2.22. The van der Waals surface area contributed by atoms with Gasteiger partial charge in [0.25, 0.3) is 5.91 Å². The number of hydrogen-bond acceptors (Lipinski definition) is 4. The van der Waals surface area contributed by atoms with Crippen molar-refractivity contribution in [1.29, 1.82) is 5.26 Å². The summed E-state index contributed by atoms with van der Waals surface area (Å²) < 4.78 is 5.74. The smallest absolute Gasteiger partial charge is 0.256 e. The third-order valence-corrected chi connectivity index (χ3v) is 4.48. The van der Waals surface area contributed by atoms with Crippen LogP contribution < -0.4 is 10.1 Å². The van der Waals surface area contributed by atoms with E-state index in [2.05, 4.69) is 11.4 Å². The fourth-order valence-electron chi connectivity index (χ4n) is 3.35. The average molecular weight is 300 g/mol. The zero-order valence-electron chi connectivity index (χ0n) is 12.9. The van der Waals surface area contributed by atoms with Crippen LogP contribution >= 0.6 is 0 Å². The van der Waals surface area contributed by atoms with Crippen LogP contribution in [0.3, 0.4) is 0 Å². The number of benzene rings is 1. The van der Waals surface area contributed by atoms with E-state index in [0.717, 1.165) is 18.4 Å². The molecule has 0 atom stereocenters. The van der Waals surface area contributed by atoms with Gasteiger partial charge in [0, 0.05) is 12.0 Å². The Labute approximate surface area is 129 Å². The number of nitrogens with one attached hydrogen (secondary N) is 1. The van der Waals surface area contributed by atoms with Crippen molar-refractivity contribution in [3.8, 4) is 17.6 Å². The molecule has 0 aromatic heterocycles. The Morgan fingerprint density at radius 2 is 2.05 bits per heavy atom. The molecule has 22 heavy (non-hydrogen) atoms. The van der Waals surface area contributed by atoms with Gasteiger partial charge < -0.3 is 15.2 Å².